The summed E-state index contributed by atoms with van der Waals surface area (Å²) in [7, 11) is 0. The quantitative estimate of drug-likeness (QED) is 0.210. The second-order valence-electron chi connectivity index (χ2n) is 8.50. The number of alkyl halides is 3. The van der Waals surface area contributed by atoms with Crippen LogP contribution in [0.5, 0.6) is 5.75 Å². The van der Waals surface area contributed by atoms with E-state index in [0.717, 1.165) is 35.8 Å². The molecule has 0 spiro atoms. The number of benzene rings is 3. The Balaban J connectivity index is 1.58. The van der Waals surface area contributed by atoms with E-state index in [2.05, 4.69) is 6.92 Å². The van der Waals surface area contributed by atoms with Gasteiger partial charge in [-0.2, -0.15) is 13.2 Å². The molecular formula is C28H24ClF3N2O3S. The van der Waals surface area contributed by atoms with Gasteiger partial charge in [-0.3, -0.25) is 0 Å². The number of ether oxygens (including phenoxy) is 1. The van der Waals surface area contributed by atoms with Crippen molar-refractivity contribution >= 4 is 39.7 Å². The average Bonchev–Trinajstić information content (AvgIpc) is 3.38. The van der Waals surface area contributed by atoms with E-state index in [-0.39, 0.29) is 12.2 Å². The zero-order valence-electron chi connectivity index (χ0n) is 20.3. The molecule has 0 amide bonds. The van der Waals surface area contributed by atoms with E-state index in [1.807, 2.05) is 10.3 Å². The average molecular weight is 561 g/mol. The second-order valence-corrected chi connectivity index (χ2v) is 9.77. The van der Waals surface area contributed by atoms with Crippen LogP contribution in [0.25, 0.3) is 11.3 Å². The van der Waals surface area contributed by atoms with Crippen molar-refractivity contribution in [3.8, 4) is 17.0 Å². The van der Waals surface area contributed by atoms with Gasteiger partial charge in [0, 0.05) is 28.2 Å². The molecule has 0 aliphatic carbocycles. The third-order valence-corrected chi connectivity index (χ3v) is 6.88. The summed E-state index contributed by atoms with van der Waals surface area (Å²) < 4.78 is 44.5. The van der Waals surface area contributed by atoms with E-state index in [9.17, 15) is 23.1 Å². The molecule has 3 aromatic carbocycles. The van der Waals surface area contributed by atoms with Crippen LogP contribution in [0.4, 0.5) is 24.0 Å². The third-order valence-electron chi connectivity index (χ3n) is 5.78. The van der Waals surface area contributed by atoms with Crippen LogP contribution in [0.15, 0.2) is 72.1 Å². The first-order valence-electron chi connectivity index (χ1n) is 11.8. The van der Waals surface area contributed by atoms with E-state index in [0.29, 0.717) is 34.1 Å². The van der Waals surface area contributed by atoms with Crippen molar-refractivity contribution in [3.05, 3.63) is 93.8 Å². The SMILES string of the molecule is CCCCN(c1ccc(C(=O)O)cc1)c1nc(-c2cc(Cl)ccc2OCc2ccc(C(F)(F)F)cc2)cs1. The number of carboxylic acids is 1. The van der Waals surface area contributed by atoms with Gasteiger partial charge >= 0.3 is 12.1 Å². The molecule has 0 fully saturated rings. The second kappa shape index (κ2) is 11.9. The first-order chi connectivity index (χ1) is 18.2. The first kappa shape index (κ1) is 27.5. The van der Waals surface area contributed by atoms with Crippen molar-refractivity contribution in [2.45, 2.75) is 32.5 Å². The number of aromatic carboxylic acids is 1. The van der Waals surface area contributed by atoms with Gasteiger partial charge in [-0.15, -0.1) is 11.3 Å². The monoisotopic (exact) mass is 560 g/mol. The number of anilines is 2. The number of unbranched alkanes of at least 4 members (excludes halogenated alkanes) is 1. The highest BCUT2D eigenvalue weighted by Crippen LogP contribution is 2.38. The molecule has 0 aliphatic rings. The first-order valence-corrected chi connectivity index (χ1v) is 13.1. The van der Waals surface area contributed by atoms with Crippen molar-refractivity contribution in [1.29, 1.82) is 0 Å². The molecule has 1 aromatic heterocycles. The number of rotatable bonds is 10. The van der Waals surface area contributed by atoms with Crippen LogP contribution in [0.1, 0.15) is 41.3 Å². The highest BCUT2D eigenvalue weighted by atomic mass is 35.5. The number of carbonyl (C=O) groups is 1. The van der Waals surface area contributed by atoms with E-state index >= 15 is 0 Å². The lowest BCUT2D eigenvalue weighted by Gasteiger charge is -2.22. The Kier molecular flexibility index (Phi) is 8.58. The molecule has 1 heterocycles. The standard InChI is InChI=1S/C28H24ClF3N2O3S/c1-2-3-14-34(22-11-6-19(7-12-22)26(35)36)27-33-24(17-38-27)23-15-21(29)10-13-25(23)37-16-18-4-8-20(9-5-18)28(30,31)32/h4-13,15,17H,2-3,14,16H2,1H3,(H,35,36). The molecule has 0 bridgehead atoms. The van der Waals surface area contributed by atoms with Gasteiger partial charge in [0.25, 0.3) is 0 Å². The number of thiazole rings is 1. The molecule has 0 atom stereocenters. The van der Waals surface area contributed by atoms with Crippen molar-refractivity contribution in [1.82, 2.24) is 4.98 Å². The molecule has 198 valence electrons. The normalized spacial score (nSPS) is 11.4. The highest BCUT2D eigenvalue weighted by Gasteiger charge is 2.30. The van der Waals surface area contributed by atoms with Crippen LogP contribution in [0.3, 0.4) is 0 Å². The third kappa shape index (κ3) is 6.65. The fourth-order valence-electron chi connectivity index (χ4n) is 3.73. The summed E-state index contributed by atoms with van der Waals surface area (Å²) in [5.41, 5.74) is 2.20. The molecule has 4 rings (SSSR count). The Hall–Kier alpha value is -3.56. The lowest BCUT2D eigenvalue weighted by Crippen LogP contribution is -2.18. The van der Waals surface area contributed by atoms with Crippen LogP contribution in [-0.4, -0.2) is 22.6 Å². The molecule has 0 saturated heterocycles. The van der Waals surface area contributed by atoms with E-state index in [4.69, 9.17) is 21.3 Å². The smallest absolute Gasteiger partial charge is 0.416 e. The van der Waals surface area contributed by atoms with Gasteiger partial charge in [0.1, 0.15) is 12.4 Å². The lowest BCUT2D eigenvalue weighted by molar-refractivity contribution is -0.137. The van der Waals surface area contributed by atoms with Crippen LogP contribution >= 0.6 is 22.9 Å². The van der Waals surface area contributed by atoms with Gasteiger partial charge in [-0.1, -0.05) is 37.1 Å². The molecule has 0 saturated carbocycles. The number of hydrogen-bond donors (Lipinski definition) is 1. The van der Waals surface area contributed by atoms with Gasteiger partial charge in [-0.25, -0.2) is 9.78 Å². The maximum absolute atomic E-state index is 12.9. The van der Waals surface area contributed by atoms with Gasteiger partial charge in [0.2, 0.25) is 0 Å². The molecule has 10 heteroatoms. The summed E-state index contributed by atoms with van der Waals surface area (Å²) in [4.78, 5) is 18.1. The van der Waals surface area contributed by atoms with Crippen LogP contribution in [0, 0.1) is 0 Å². The molecular weight excluding hydrogens is 537 g/mol. The molecule has 5 nitrogen and oxygen atoms in total. The van der Waals surface area contributed by atoms with E-state index in [1.165, 1.54) is 23.5 Å². The minimum absolute atomic E-state index is 0.0717. The van der Waals surface area contributed by atoms with Gasteiger partial charge in [-0.05, 0) is 66.6 Å². The minimum atomic E-state index is -4.39. The Morgan fingerprint density at radius 1 is 1.08 bits per heavy atom. The number of carboxylic acid groups (broad SMARTS) is 1. The summed E-state index contributed by atoms with van der Waals surface area (Å²) in [6, 6.07) is 16.6. The Morgan fingerprint density at radius 3 is 2.42 bits per heavy atom. The lowest BCUT2D eigenvalue weighted by atomic mass is 10.1. The van der Waals surface area contributed by atoms with Crippen molar-refractivity contribution in [2.24, 2.45) is 0 Å². The number of aromatic nitrogens is 1. The van der Waals surface area contributed by atoms with Crippen LogP contribution < -0.4 is 9.64 Å². The topological polar surface area (TPSA) is 62.7 Å². The molecule has 0 unspecified atom stereocenters. The van der Waals surface area contributed by atoms with Crippen molar-refractivity contribution < 1.29 is 27.8 Å². The largest absolute Gasteiger partial charge is 0.488 e. The number of halogens is 4. The summed E-state index contributed by atoms with van der Waals surface area (Å²) in [6.45, 7) is 2.86. The summed E-state index contributed by atoms with van der Waals surface area (Å²) in [5.74, 6) is -0.491. The number of nitrogens with zero attached hydrogens (tertiary/aromatic N) is 2. The zero-order chi connectivity index (χ0) is 27.3. The van der Waals surface area contributed by atoms with Gasteiger partial charge in [0.05, 0.1) is 16.8 Å². The summed E-state index contributed by atoms with van der Waals surface area (Å²) in [6.07, 6.45) is -2.51. The molecule has 0 radical (unpaired) electrons. The van der Waals surface area contributed by atoms with Crippen LogP contribution in [-0.2, 0) is 12.8 Å². The molecule has 1 N–H and O–H groups in total. The fourth-order valence-corrected chi connectivity index (χ4v) is 4.77. The van der Waals surface area contributed by atoms with Gasteiger partial charge in [0.15, 0.2) is 5.13 Å². The molecule has 4 aromatic rings. The maximum Gasteiger partial charge on any atom is 0.416 e. The predicted molar refractivity (Wildman–Crippen MR) is 144 cm³/mol. The predicted octanol–water partition coefficient (Wildman–Crippen LogP) is 8.70. The van der Waals surface area contributed by atoms with Gasteiger partial charge < -0.3 is 14.7 Å². The van der Waals surface area contributed by atoms with Crippen molar-refractivity contribution in [3.63, 3.8) is 0 Å². The molecule has 38 heavy (non-hydrogen) atoms. The highest BCUT2D eigenvalue weighted by molar-refractivity contribution is 7.14. The molecule has 0 aliphatic heterocycles. The fraction of sp³-hybridized carbons (Fsp3) is 0.214. The maximum atomic E-state index is 12.9. The number of hydrogen-bond acceptors (Lipinski definition) is 5. The Morgan fingerprint density at radius 2 is 1.79 bits per heavy atom. The Labute approximate surface area is 227 Å². The zero-order valence-corrected chi connectivity index (χ0v) is 21.9. The summed E-state index contributed by atoms with van der Waals surface area (Å²) >= 11 is 7.71. The van der Waals surface area contributed by atoms with E-state index < -0.39 is 17.7 Å². The van der Waals surface area contributed by atoms with E-state index in [1.54, 1.807) is 42.5 Å². The van der Waals surface area contributed by atoms with Crippen molar-refractivity contribution in [2.75, 3.05) is 11.4 Å². The summed E-state index contributed by atoms with van der Waals surface area (Å²) in [5, 5.41) is 12.3. The minimum Gasteiger partial charge on any atom is -0.488 e. The van der Waals surface area contributed by atoms with Crippen LogP contribution in [0.2, 0.25) is 5.02 Å². The Bertz CT molecular complexity index is 1390.